The van der Waals surface area contributed by atoms with Gasteiger partial charge in [0, 0.05) is 36.2 Å². The fraction of sp³-hybridized carbons (Fsp3) is 0.308. The standard InChI is InChI=1S/C26H28F3N3O4S2/c1-4-16-31(17-5-2)38(34,35)22-12-8-20(9-13-22)32(24(33)14-15-26(27,28)29)25-30-23(18-37-25)19-6-10-21(36-3)11-7-19/h6-15,18H,4-5,16-17H2,1-3H3. The zero-order valence-corrected chi connectivity index (χ0v) is 22.7. The highest BCUT2D eigenvalue weighted by atomic mass is 32.2. The van der Waals surface area contributed by atoms with Crippen LogP contribution in [0.25, 0.3) is 11.3 Å². The molecule has 1 heterocycles. The van der Waals surface area contributed by atoms with E-state index in [2.05, 4.69) is 4.98 Å². The predicted octanol–water partition coefficient (Wildman–Crippen LogP) is 6.41. The summed E-state index contributed by atoms with van der Waals surface area (Å²) < 4.78 is 71.2. The number of hydrogen-bond acceptors (Lipinski definition) is 6. The first-order valence-electron chi connectivity index (χ1n) is 11.8. The minimum absolute atomic E-state index is 0.0273. The number of benzene rings is 2. The number of hydrogen-bond donors (Lipinski definition) is 0. The molecular formula is C26H28F3N3O4S2. The average Bonchev–Trinajstić information content (AvgIpc) is 3.37. The van der Waals surface area contributed by atoms with Crippen LogP contribution in [-0.4, -0.2) is 50.0 Å². The van der Waals surface area contributed by atoms with Crippen molar-refractivity contribution < 1.29 is 31.1 Å². The third-order valence-corrected chi connectivity index (χ3v) is 8.12. The van der Waals surface area contributed by atoms with E-state index in [9.17, 15) is 26.4 Å². The normalized spacial score (nSPS) is 12.3. The summed E-state index contributed by atoms with van der Waals surface area (Å²) in [4.78, 5) is 18.5. The Morgan fingerprint density at radius 3 is 2.16 bits per heavy atom. The van der Waals surface area contributed by atoms with Crippen molar-refractivity contribution in [3.63, 3.8) is 0 Å². The van der Waals surface area contributed by atoms with Gasteiger partial charge < -0.3 is 4.74 Å². The second-order valence-corrected chi connectivity index (χ2v) is 11.0. The number of aromatic nitrogens is 1. The lowest BCUT2D eigenvalue weighted by atomic mass is 10.2. The number of nitrogens with zero attached hydrogens (tertiary/aromatic N) is 3. The summed E-state index contributed by atoms with van der Waals surface area (Å²) >= 11 is 1.07. The van der Waals surface area contributed by atoms with Crippen LogP contribution in [0.1, 0.15) is 26.7 Å². The van der Waals surface area contributed by atoms with Gasteiger partial charge in [-0.15, -0.1) is 11.3 Å². The smallest absolute Gasteiger partial charge is 0.409 e. The molecule has 0 aliphatic heterocycles. The van der Waals surface area contributed by atoms with Gasteiger partial charge in [-0.25, -0.2) is 13.4 Å². The molecule has 7 nitrogen and oxygen atoms in total. The molecule has 2 aromatic carbocycles. The number of halogens is 3. The van der Waals surface area contributed by atoms with E-state index in [4.69, 9.17) is 4.74 Å². The monoisotopic (exact) mass is 567 g/mol. The molecule has 3 aromatic rings. The highest BCUT2D eigenvalue weighted by Crippen LogP contribution is 2.34. The Labute approximate surface area is 224 Å². The number of carbonyl (C=O) groups excluding carboxylic acids is 1. The van der Waals surface area contributed by atoms with Crippen LogP contribution in [0.3, 0.4) is 0 Å². The number of rotatable bonds is 11. The largest absolute Gasteiger partial charge is 0.497 e. The van der Waals surface area contributed by atoms with Crippen LogP contribution in [0.15, 0.2) is 71.0 Å². The first kappa shape index (κ1) is 29.3. The Hall–Kier alpha value is -3.22. The number of ether oxygens (including phenoxy) is 1. The summed E-state index contributed by atoms with van der Waals surface area (Å²) in [5.41, 5.74) is 1.41. The summed E-state index contributed by atoms with van der Waals surface area (Å²) in [6.07, 6.45) is -3.12. The number of thiazole rings is 1. The maximum absolute atomic E-state index is 13.1. The summed E-state index contributed by atoms with van der Waals surface area (Å²) in [6.45, 7) is 4.48. The van der Waals surface area contributed by atoms with Gasteiger partial charge in [0.1, 0.15) is 5.75 Å². The molecule has 204 valence electrons. The van der Waals surface area contributed by atoms with Crippen LogP contribution in [0.2, 0.25) is 0 Å². The van der Waals surface area contributed by atoms with E-state index in [1.807, 2.05) is 13.8 Å². The molecule has 0 radical (unpaired) electrons. The third kappa shape index (κ3) is 7.21. The number of sulfonamides is 1. The van der Waals surface area contributed by atoms with Gasteiger partial charge in [0.05, 0.1) is 23.4 Å². The molecule has 0 saturated carbocycles. The number of anilines is 2. The molecule has 0 bridgehead atoms. The lowest BCUT2D eigenvalue weighted by Crippen LogP contribution is -2.32. The fourth-order valence-corrected chi connectivity index (χ4v) is 6.08. The number of allylic oxidation sites excluding steroid dienone is 1. The Morgan fingerprint density at radius 1 is 1.03 bits per heavy atom. The summed E-state index contributed by atoms with van der Waals surface area (Å²) in [5.74, 6) is -0.336. The van der Waals surface area contributed by atoms with Crippen LogP contribution in [0, 0.1) is 0 Å². The van der Waals surface area contributed by atoms with Gasteiger partial charge >= 0.3 is 6.18 Å². The van der Waals surface area contributed by atoms with Crippen molar-refractivity contribution in [3.8, 4) is 17.0 Å². The summed E-state index contributed by atoms with van der Waals surface area (Å²) in [5, 5.41) is 1.80. The van der Waals surface area contributed by atoms with Crippen LogP contribution in [0.4, 0.5) is 24.0 Å². The van der Waals surface area contributed by atoms with E-state index < -0.39 is 22.1 Å². The van der Waals surface area contributed by atoms with Crippen molar-refractivity contribution in [1.82, 2.24) is 9.29 Å². The van der Waals surface area contributed by atoms with Crippen LogP contribution in [-0.2, 0) is 14.8 Å². The molecule has 3 rings (SSSR count). The second kappa shape index (κ2) is 12.5. The molecule has 0 N–H and O–H groups in total. The highest BCUT2D eigenvalue weighted by molar-refractivity contribution is 7.89. The predicted molar refractivity (Wildman–Crippen MR) is 142 cm³/mol. The first-order chi connectivity index (χ1) is 18.0. The zero-order valence-electron chi connectivity index (χ0n) is 21.1. The van der Waals surface area contributed by atoms with Crippen molar-refractivity contribution in [2.24, 2.45) is 0 Å². The molecule has 0 aliphatic carbocycles. The number of carbonyl (C=O) groups is 1. The van der Waals surface area contributed by atoms with Gasteiger partial charge in [-0.1, -0.05) is 13.8 Å². The summed E-state index contributed by atoms with van der Waals surface area (Å²) in [7, 11) is -2.24. The molecule has 1 amide bonds. The van der Waals surface area contributed by atoms with E-state index in [-0.39, 0.29) is 21.8 Å². The van der Waals surface area contributed by atoms with Crippen molar-refractivity contribution in [2.75, 3.05) is 25.1 Å². The number of methoxy groups -OCH3 is 1. The van der Waals surface area contributed by atoms with Crippen LogP contribution in [0.5, 0.6) is 5.75 Å². The van der Waals surface area contributed by atoms with E-state index in [1.165, 1.54) is 35.7 Å². The Morgan fingerprint density at radius 2 is 1.63 bits per heavy atom. The van der Waals surface area contributed by atoms with Crippen molar-refractivity contribution in [2.45, 2.75) is 37.8 Å². The molecule has 12 heteroatoms. The van der Waals surface area contributed by atoms with Gasteiger partial charge in [0.25, 0.3) is 5.91 Å². The lowest BCUT2D eigenvalue weighted by molar-refractivity contribution is -0.114. The van der Waals surface area contributed by atoms with Crippen molar-refractivity contribution >= 4 is 38.1 Å². The molecule has 0 spiro atoms. The topological polar surface area (TPSA) is 79.8 Å². The highest BCUT2D eigenvalue weighted by Gasteiger charge is 2.27. The molecule has 0 fully saturated rings. The third-order valence-electron chi connectivity index (χ3n) is 5.38. The quantitative estimate of drug-likeness (QED) is 0.250. The van der Waals surface area contributed by atoms with Gasteiger partial charge in [-0.05, 0) is 61.4 Å². The van der Waals surface area contributed by atoms with Gasteiger partial charge in [0.15, 0.2) is 5.13 Å². The van der Waals surface area contributed by atoms with E-state index in [0.29, 0.717) is 43.5 Å². The van der Waals surface area contributed by atoms with Crippen LogP contribution < -0.4 is 9.64 Å². The molecule has 38 heavy (non-hydrogen) atoms. The fourth-order valence-electron chi connectivity index (χ4n) is 3.60. The van der Waals surface area contributed by atoms with Crippen molar-refractivity contribution in [1.29, 1.82) is 0 Å². The average molecular weight is 568 g/mol. The van der Waals surface area contributed by atoms with E-state index >= 15 is 0 Å². The van der Waals surface area contributed by atoms with Crippen molar-refractivity contribution in [3.05, 3.63) is 66.1 Å². The molecular weight excluding hydrogens is 539 g/mol. The Balaban J connectivity index is 2.00. The van der Waals surface area contributed by atoms with E-state index in [1.54, 1.807) is 29.6 Å². The van der Waals surface area contributed by atoms with E-state index in [0.717, 1.165) is 21.8 Å². The number of amides is 1. The number of alkyl halides is 3. The van der Waals surface area contributed by atoms with Gasteiger partial charge in [0.2, 0.25) is 10.0 Å². The Bertz CT molecular complexity index is 1350. The minimum Gasteiger partial charge on any atom is -0.497 e. The molecule has 0 saturated heterocycles. The molecule has 0 unspecified atom stereocenters. The molecule has 0 atom stereocenters. The molecule has 1 aromatic heterocycles. The first-order valence-corrected chi connectivity index (χ1v) is 14.1. The molecule has 0 aliphatic rings. The maximum Gasteiger partial charge on any atom is 0.409 e. The van der Waals surface area contributed by atoms with Gasteiger partial charge in [-0.3, -0.25) is 9.69 Å². The zero-order chi connectivity index (χ0) is 27.9. The minimum atomic E-state index is -4.68. The Kier molecular flexibility index (Phi) is 9.69. The SMILES string of the molecule is CCCN(CCC)S(=O)(=O)c1ccc(N(C(=O)C=CC(F)(F)F)c2nc(-c3ccc(OC)cc3)cs2)cc1. The second-order valence-electron chi connectivity index (χ2n) is 8.19. The summed E-state index contributed by atoms with van der Waals surface area (Å²) in [6, 6.07) is 12.5. The van der Waals surface area contributed by atoms with Crippen LogP contribution >= 0.6 is 11.3 Å². The van der Waals surface area contributed by atoms with Gasteiger partial charge in [-0.2, -0.15) is 17.5 Å². The maximum atomic E-state index is 13.1. The lowest BCUT2D eigenvalue weighted by Gasteiger charge is -2.22.